The van der Waals surface area contributed by atoms with Crippen molar-refractivity contribution in [3.63, 3.8) is 0 Å². The van der Waals surface area contributed by atoms with Gasteiger partial charge in [0.05, 0.1) is 19.3 Å². The van der Waals surface area contributed by atoms with Gasteiger partial charge in [-0.1, -0.05) is 26.0 Å². The van der Waals surface area contributed by atoms with Gasteiger partial charge in [-0.2, -0.15) is 0 Å². The molecule has 0 amide bonds. The summed E-state index contributed by atoms with van der Waals surface area (Å²) in [5.41, 5.74) is 2.05. The largest absolute Gasteiger partial charge is 0.497 e. The number of nitrogens with one attached hydrogen (secondary N) is 1. The molecule has 2 N–H and O–H groups in total. The summed E-state index contributed by atoms with van der Waals surface area (Å²) in [6.45, 7) is 4.26. The van der Waals surface area contributed by atoms with Crippen LogP contribution in [0.4, 0.5) is 0 Å². The number of benzene rings is 1. The molecule has 4 rings (SSSR count). The van der Waals surface area contributed by atoms with E-state index >= 15 is 0 Å². The number of fused-ring (bicyclic) bond motifs is 1. The van der Waals surface area contributed by atoms with E-state index in [1.54, 1.807) is 11.7 Å². The van der Waals surface area contributed by atoms with Gasteiger partial charge in [-0.15, -0.1) is 0 Å². The first kappa shape index (κ1) is 19.4. The molecule has 1 aliphatic heterocycles. The van der Waals surface area contributed by atoms with Crippen LogP contribution in [0.5, 0.6) is 11.6 Å². The minimum atomic E-state index is -0.436. The molecule has 1 aromatic heterocycles. The van der Waals surface area contributed by atoms with Crippen molar-refractivity contribution in [2.45, 2.75) is 39.2 Å². The third-order valence-corrected chi connectivity index (χ3v) is 5.55. The average molecular weight is 395 g/mol. The molecule has 1 atom stereocenters. The van der Waals surface area contributed by atoms with Crippen LogP contribution in [0.3, 0.4) is 0 Å². The van der Waals surface area contributed by atoms with E-state index in [0.29, 0.717) is 35.6 Å². The van der Waals surface area contributed by atoms with Crippen molar-refractivity contribution < 1.29 is 19.4 Å². The Balaban J connectivity index is 1.94. The number of methoxy groups -OCH3 is 1. The second-order valence-corrected chi connectivity index (χ2v) is 8.32. The van der Waals surface area contributed by atoms with Crippen molar-refractivity contribution in [1.29, 1.82) is 5.41 Å². The normalized spacial score (nSPS) is 20.0. The lowest BCUT2D eigenvalue weighted by Gasteiger charge is -2.37. The fourth-order valence-electron chi connectivity index (χ4n) is 4.21. The van der Waals surface area contributed by atoms with Gasteiger partial charge in [0.15, 0.2) is 5.78 Å². The van der Waals surface area contributed by atoms with Gasteiger partial charge in [0.2, 0.25) is 5.88 Å². The maximum atomic E-state index is 13.2. The van der Waals surface area contributed by atoms with Gasteiger partial charge >= 0.3 is 0 Å². The zero-order chi connectivity index (χ0) is 20.8. The van der Waals surface area contributed by atoms with Crippen molar-refractivity contribution in [2.75, 3.05) is 13.7 Å². The van der Waals surface area contributed by atoms with Gasteiger partial charge in [-0.25, -0.2) is 4.98 Å². The number of allylic oxidation sites excluding steroid dienone is 2. The number of hydrogen-bond donors (Lipinski definition) is 2. The summed E-state index contributed by atoms with van der Waals surface area (Å²) in [7, 11) is 1.61. The van der Waals surface area contributed by atoms with E-state index in [4.69, 9.17) is 14.9 Å². The number of ether oxygens (including phenoxy) is 2. The van der Waals surface area contributed by atoms with E-state index in [0.717, 1.165) is 11.3 Å². The van der Waals surface area contributed by atoms with Crippen LogP contribution < -0.4 is 15.0 Å². The minimum Gasteiger partial charge on any atom is -0.497 e. The highest BCUT2D eigenvalue weighted by Crippen LogP contribution is 2.48. The van der Waals surface area contributed by atoms with Gasteiger partial charge in [0, 0.05) is 30.9 Å². The van der Waals surface area contributed by atoms with Crippen LogP contribution in [-0.2, 0) is 11.3 Å². The van der Waals surface area contributed by atoms with Gasteiger partial charge in [-0.3, -0.25) is 10.2 Å². The lowest BCUT2D eigenvalue weighted by Crippen LogP contribution is -2.37. The molecule has 1 aliphatic carbocycles. The molecule has 7 heteroatoms. The molecular formula is C22H25N3O4. The van der Waals surface area contributed by atoms with Crippen LogP contribution in [0.15, 0.2) is 41.9 Å². The van der Waals surface area contributed by atoms with Crippen molar-refractivity contribution in [1.82, 2.24) is 9.55 Å². The molecule has 0 bridgehead atoms. The van der Waals surface area contributed by atoms with Crippen LogP contribution in [0.25, 0.3) is 0 Å². The molecule has 2 aliphatic rings. The topological polar surface area (TPSA) is 97.4 Å². The number of aliphatic hydroxyl groups is 1. The Hall–Kier alpha value is -2.93. The molecule has 1 aromatic carbocycles. The van der Waals surface area contributed by atoms with E-state index in [2.05, 4.69) is 18.8 Å². The van der Waals surface area contributed by atoms with Gasteiger partial charge in [-0.05, 0) is 23.1 Å². The van der Waals surface area contributed by atoms with Crippen LogP contribution in [0, 0.1) is 10.8 Å². The van der Waals surface area contributed by atoms with E-state index in [-0.39, 0.29) is 29.8 Å². The number of Topliss-reactive ketones (excluding diaryl/α,β-unsaturated/α-hetero) is 1. The number of ketones is 1. The molecule has 2 aromatic rings. The first-order chi connectivity index (χ1) is 13.8. The summed E-state index contributed by atoms with van der Waals surface area (Å²) in [5.74, 6) is 1.33. The van der Waals surface area contributed by atoms with E-state index in [9.17, 15) is 9.90 Å². The first-order valence-corrected chi connectivity index (χ1v) is 9.67. The smallest absolute Gasteiger partial charge is 0.228 e. The Kier molecular flexibility index (Phi) is 4.78. The molecule has 2 heterocycles. The van der Waals surface area contributed by atoms with Crippen LogP contribution in [-0.4, -0.2) is 34.2 Å². The molecule has 0 spiro atoms. The predicted octanol–water partition coefficient (Wildman–Crippen LogP) is 2.53. The van der Waals surface area contributed by atoms with Crippen molar-refractivity contribution in [3.05, 3.63) is 58.5 Å². The fourth-order valence-corrected chi connectivity index (χ4v) is 4.21. The summed E-state index contributed by atoms with van der Waals surface area (Å²) in [6.07, 6.45) is 2.58. The maximum absolute atomic E-state index is 13.2. The standard InChI is InChI=1S/C22H25N3O4/c1-22(2)10-15(27)18-16(11-22)29-21-19(20(23)25(8-9-26)12-24-21)17(18)13-4-6-14(28-3)7-5-13/h4-7,12,17,23,26H,8-11H2,1-3H3. The van der Waals surface area contributed by atoms with Crippen LogP contribution in [0.2, 0.25) is 0 Å². The van der Waals surface area contributed by atoms with Crippen molar-refractivity contribution >= 4 is 5.78 Å². The quantitative estimate of drug-likeness (QED) is 0.829. The lowest BCUT2D eigenvalue weighted by atomic mass is 9.70. The summed E-state index contributed by atoms with van der Waals surface area (Å²) >= 11 is 0. The number of aromatic nitrogens is 2. The highest BCUT2D eigenvalue weighted by molar-refractivity contribution is 6.00. The summed E-state index contributed by atoms with van der Waals surface area (Å²) in [5, 5.41) is 18.0. The van der Waals surface area contributed by atoms with Gasteiger partial charge in [0.25, 0.3) is 0 Å². The third-order valence-electron chi connectivity index (χ3n) is 5.55. The molecule has 0 saturated heterocycles. The van der Waals surface area contributed by atoms with E-state index in [1.807, 2.05) is 24.3 Å². The van der Waals surface area contributed by atoms with E-state index < -0.39 is 5.92 Å². The molecule has 7 nitrogen and oxygen atoms in total. The summed E-state index contributed by atoms with van der Waals surface area (Å²) in [6, 6.07) is 7.53. The number of rotatable bonds is 4. The highest BCUT2D eigenvalue weighted by Gasteiger charge is 2.43. The van der Waals surface area contributed by atoms with Crippen LogP contribution >= 0.6 is 0 Å². The van der Waals surface area contributed by atoms with Crippen LogP contribution in [0.1, 0.15) is 43.7 Å². The summed E-state index contributed by atoms with van der Waals surface area (Å²) < 4.78 is 12.9. The lowest BCUT2D eigenvalue weighted by molar-refractivity contribution is -0.118. The second-order valence-electron chi connectivity index (χ2n) is 8.32. The Labute approximate surface area is 169 Å². The zero-order valence-electron chi connectivity index (χ0n) is 16.9. The SMILES string of the molecule is COc1ccc(C2C3=C(CC(C)(C)CC3=O)Oc3ncn(CCO)c(=N)c32)cc1. The molecule has 0 radical (unpaired) electrons. The number of carbonyl (C=O) groups is 1. The number of hydrogen-bond acceptors (Lipinski definition) is 6. The molecular weight excluding hydrogens is 370 g/mol. The first-order valence-electron chi connectivity index (χ1n) is 9.67. The monoisotopic (exact) mass is 395 g/mol. The van der Waals surface area contributed by atoms with Crippen molar-refractivity contribution in [3.8, 4) is 11.6 Å². The zero-order valence-corrected chi connectivity index (χ0v) is 16.9. The second kappa shape index (κ2) is 7.15. The highest BCUT2D eigenvalue weighted by atomic mass is 16.5. The third kappa shape index (κ3) is 3.35. The fraction of sp³-hybridized carbons (Fsp3) is 0.409. The number of aliphatic hydroxyl groups excluding tert-OH is 1. The Morgan fingerprint density at radius 1 is 1.31 bits per heavy atom. The van der Waals surface area contributed by atoms with Gasteiger partial charge in [0.1, 0.15) is 23.3 Å². The molecule has 1 unspecified atom stereocenters. The predicted molar refractivity (Wildman–Crippen MR) is 106 cm³/mol. The maximum Gasteiger partial charge on any atom is 0.228 e. The van der Waals surface area contributed by atoms with Crippen molar-refractivity contribution in [2.24, 2.45) is 5.41 Å². The summed E-state index contributed by atoms with van der Waals surface area (Å²) in [4.78, 5) is 17.6. The molecule has 29 heavy (non-hydrogen) atoms. The number of nitrogens with zero attached hydrogens (tertiary/aromatic N) is 2. The molecule has 152 valence electrons. The Morgan fingerprint density at radius 2 is 2.03 bits per heavy atom. The van der Waals surface area contributed by atoms with E-state index in [1.165, 1.54) is 6.33 Å². The Bertz CT molecular complexity index is 1050. The average Bonchev–Trinajstić information content (AvgIpc) is 2.68. The number of carbonyl (C=O) groups excluding carboxylic acids is 1. The molecule has 0 fully saturated rings. The molecule has 0 saturated carbocycles. The van der Waals surface area contributed by atoms with Gasteiger partial charge < -0.3 is 19.1 Å². The minimum absolute atomic E-state index is 0.0414. The Morgan fingerprint density at radius 3 is 2.69 bits per heavy atom.